The Hall–Kier alpha value is -3.31. The fourth-order valence-electron chi connectivity index (χ4n) is 2.81. The van der Waals surface area contributed by atoms with E-state index in [2.05, 4.69) is 20.6 Å². The topological polar surface area (TPSA) is 168 Å². The second kappa shape index (κ2) is 11.6. The molecule has 1 heterocycles. The molecule has 0 saturated carbocycles. The predicted octanol–water partition coefficient (Wildman–Crippen LogP) is -1.03. The third kappa shape index (κ3) is 7.61. The number of hydrogen-bond donors (Lipinski definition) is 5. The molecule has 3 amide bonds. The van der Waals surface area contributed by atoms with E-state index in [1.807, 2.05) is 30.3 Å². The number of benzene rings is 1. The Bertz CT molecular complexity index is 838. The van der Waals surface area contributed by atoms with Gasteiger partial charge in [0.2, 0.25) is 11.8 Å². The molecular weight excluding hydrogens is 389 g/mol. The summed E-state index contributed by atoms with van der Waals surface area (Å²) in [6.45, 7) is 0. The quantitative estimate of drug-likeness (QED) is 0.294. The number of primary amides is 1. The normalized spacial score (nSPS) is 12.5. The molecule has 2 rings (SSSR count). The van der Waals surface area contributed by atoms with Crippen molar-refractivity contribution in [2.75, 3.05) is 0 Å². The zero-order valence-electron chi connectivity index (χ0n) is 16.3. The van der Waals surface area contributed by atoms with Gasteiger partial charge in [-0.1, -0.05) is 30.3 Å². The van der Waals surface area contributed by atoms with Crippen LogP contribution < -0.4 is 16.4 Å². The van der Waals surface area contributed by atoms with Crippen molar-refractivity contribution in [1.82, 2.24) is 20.6 Å². The minimum Gasteiger partial charge on any atom is -0.426 e. The van der Waals surface area contributed by atoms with Crippen molar-refractivity contribution in [3.63, 3.8) is 0 Å². The molecule has 10 nitrogen and oxygen atoms in total. The van der Waals surface area contributed by atoms with Gasteiger partial charge in [-0.05, 0) is 24.8 Å². The van der Waals surface area contributed by atoms with E-state index in [-0.39, 0.29) is 12.1 Å². The molecular formula is C19H24BN5O5. The molecule has 1 aromatic carbocycles. The van der Waals surface area contributed by atoms with Gasteiger partial charge in [0.15, 0.2) is 0 Å². The van der Waals surface area contributed by atoms with Crippen LogP contribution >= 0.6 is 0 Å². The van der Waals surface area contributed by atoms with Crippen LogP contribution in [-0.4, -0.2) is 56.8 Å². The van der Waals surface area contributed by atoms with Gasteiger partial charge in [0.25, 0.3) is 5.91 Å². The lowest BCUT2D eigenvalue weighted by atomic mass is 9.76. The zero-order chi connectivity index (χ0) is 21.9. The van der Waals surface area contributed by atoms with Crippen LogP contribution in [0.5, 0.6) is 0 Å². The highest BCUT2D eigenvalue weighted by Gasteiger charge is 2.30. The lowest BCUT2D eigenvalue weighted by molar-refractivity contribution is -0.127. The van der Waals surface area contributed by atoms with E-state index < -0.39 is 43.2 Å². The van der Waals surface area contributed by atoms with Crippen LogP contribution in [0.2, 0.25) is 0 Å². The third-order valence-electron chi connectivity index (χ3n) is 4.33. The minimum absolute atomic E-state index is 0.0404. The Morgan fingerprint density at radius 3 is 2.43 bits per heavy atom. The molecule has 6 N–H and O–H groups in total. The molecule has 0 fully saturated rings. The van der Waals surface area contributed by atoms with Crippen molar-refractivity contribution >= 4 is 24.8 Å². The first-order chi connectivity index (χ1) is 14.4. The maximum Gasteiger partial charge on any atom is 0.475 e. The largest absolute Gasteiger partial charge is 0.475 e. The fraction of sp³-hybridized carbons (Fsp3) is 0.316. The molecule has 2 atom stereocenters. The fourth-order valence-corrected chi connectivity index (χ4v) is 2.81. The van der Waals surface area contributed by atoms with Crippen LogP contribution in [0.4, 0.5) is 0 Å². The maximum atomic E-state index is 12.6. The van der Waals surface area contributed by atoms with Gasteiger partial charge in [-0.2, -0.15) is 0 Å². The summed E-state index contributed by atoms with van der Waals surface area (Å²) in [5.41, 5.74) is 6.22. The molecule has 0 aliphatic heterocycles. The Morgan fingerprint density at radius 1 is 1.10 bits per heavy atom. The third-order valence-corrected chi connectivity index (χ3v) is 4.33. The average molecular weight is 413 g/mol. The van der Waals surface area contributed by atoms with Crippen molar-refractivity contribution in [3.05, 3.63) is 60.2 Å². The Labute approximate surface area is 174 Å². The first kappa shape index (κ1) is 23.0. The number of aryl methyl sites for hydroxylation is 1. The number of nitrogens with two attached hydrogens (primary N) is 1. The Morgan fingerprint density at radius 2 is 1.83 bits per heavy atom. The summed E-state index contributed by atoms with van der Waals surface area (Å²) in [6.07, 6.45) is 4.98. The van der Waals surface area contributed by atoms with E-state index >= 15 is 0 Å². The van der Waals surface area contributed by atoms with E-state index in [0.717, 1.165) is 5.56 Å². The summed E-state index contributed by atoms with van der Waals surface area (Å²) in [6, 6.07) is 8.32. The monoisotopic (exact) mass is 413 g/mol. The molecule has 0 aliphatic carbocycles. The number of rotatable bonds is 11. The van der Waals surface area contributed by atoms with Crippen LogP contribution in [0, 0.1) is 0 Å². The molecule has 2 aromatic rings. The first-order valence-corrected chi connectivity index (χ1v) is 9.42. The smallest absolute Gasteiger partial charge is 0.426 e. The Kier molecular flexibility index (Phi) is 8.91. The lowest BCUT2D eigenvalue weighted by Gasteiger charge is -2.22. The molecule has 1 unspecified atom stereocenters. The maximum absolute atomic E-state index is 12.6. The summed E-state index contributed by atoms with van der Waals surface area (Å²) in [7, 11) is -1.81. The van der Waals surface area contributed by atoms with Crippen LogP contribution in [0.25, 0.3) is 0 Å². The van der Waals surface area contributed by atoms with Crippen LogP contribution in [0.3, 0.4) is 0 Å². The molecule has 158 valence electrons. The highest BCUT2D eigenvalue weighted by Crippen LogP contribution is 2.08. The highest BCUT2D eigenvalue weighted by atomic mass is 16.4. The summed E-state index contributed by atoms with van der Waals surface area (Å²) in [5, 5.41) is 24.1. The van der Waals surface area contributed by atoms with Gasteiger partial charge >= 0.3 is 7.12 Å². The van der Waals surface area contributed by atoms with Gasteiger partial charge in [-0.15, -0.1) is 0 Å². The van der Waals surface area contributed by atoms with Gasteiger partial charge < -0.3 is 26.4 Å². The average Bonchev–Trinajstić information content (AvgIpc) is 2.73. The second-order valence-electron chi connectivity index (χ2n) is 6.69. The summed E-state index contributed by atoms with van der Waals surface area (Å²) in [5.74, 6) is -3.26. The van der Waals surface area contributed by atoms with E-state index in [9.17, 15) is 24.4 Å². The van der Waals surface area contributed by atoms with E-state index in [4.69, 9.17) is 5.73 Å². The van der Waals surface area contributed by atoms with Crippen LogP contribution in [0.15, 0.2) is 48.9 Å². The number of hydrogen-bond acceptors (Lipinski definition) is 7. The SMILES string of the molecule is NC(=O)CC(NC(=O)c1cnccn1)C(=O)N[C@@H](CCCc1ccccc1)B(O)O. The highest BCUT2D eigenvalue weighted by molar-refractivity contribution is 6.43. The Balaban J connectivity index is 1.98. The minimum atomic E-state index is -1.81. The molecule has 1 aromatic heterocycles. The molecule has 11 heteroatoms. The van der Waals surface area contributed by atoms with E-state index in [1.165, 1.54) is 18.6 Å². The summed E-state index contributed by atoms with van der Waals surface area (Å²) < 4.78 is 0. The number of nitrogens with zero attached hydrogens (tertiary/aromatic N) is 2. The molecule has 0 bridgehead atoms. The molecule has 0 spiro atoms. The molecule has 0 aliphatic rings. The van der Waals surface area contributed by atoms with Crippen molar-refractivity contribution < 1.29 is 24.4 Å². The summed E-state index contributed by atoms with van der Waals surface area (Å²) in [4.78, 5) is 43.8. The van der Waals surface area contributed by atoms with Gasteiger partial charge in [-0.3, -0.25) is 19.4 Å². The standard InChI is InChI=1S/C19H24BN5O5/c21-17(26)11-14(24-19(28)15-12-22-9-10-23-15)18(27)25-16(20(29)30)8-4-7-13-5-2-1-3-6-13/h1-3,5-6,9-10,12,14,16,29-30H,4,7-8,11H2,(H2,21,26)(H,24,28)(H,25,27)/t14?,16-/m0/s1. The molecule has 30 heavy (non-hydrogen) atoms. The number of carbonyl (C=O) groups excluding carboxylic acids is 3. The lowest BCUT2D eigenvalue weighted by Crippen LogP contribution is -2.54. The first-order valence-electron chi connectivity index (χ1n) is 9.42. The second-order valence-corrected chi connectivity index (χ2v) is 6.69. The van der Waals surface area contributed by atoms with E-state index in [1.54, 1.807) is 0 Å². The number of carbonyl (C=O) groups is 3. The van der Waals surface area contributed by atoms with Gasteiger partial charge in [0.1, 0.15) is 11.7 Å². The van der Waals surface area contributed by atoms with Gasteiger partial charge in [0, 0.05) is 12.4 Å². The van der Waals surface area contributed by atoms with Crippen LogP contribution in [0.1, 0.15) is 35.3 Å². The number of amides is 3. The van der Waals surface area contributed by atoms with Crippen molar-refractivity contribution in [3.8, 4) is 0 Å². The molecule has 0 saturated heterocycles. The summed E-state index contributed by atoms with van der Waals surface area (Å²) >= 11 is 0. The van der Waals surface area contributed by atoms with Crippen molar-refractivity contribution in [2.24, 2.45) is 5.73 Å². The number of nitrogens with one attached hydrogen (secondary N) is 2. The van der Waals surface area contributed by atoms with Crippen molar-refractivity contribution in [1.29, 1.82) is 0 Å². The van der Waals surface area contributed by atoms with Gasteiger partial charge in [-0.25, -0.2) is 4.98 Å². The zero-order valence-corrected chi connectivity index (χ0v) is 16.3. The predicted molar refractivity (Wildman–Crippen MR) is 109 cm³/mol. The van der Waals surface area contributed by atoms with Crippen LogP contribution in [-0.2, 0) is 16.0 Å². The number of aromatic nitrogens is 2. The van der Waals surface area contributed by atoms with Crippen molar-refractivity contribution in [2.45, 2.75) is 37.7 Å². The van der Waals surface area contributed by atoms with Gasteiger partial charge in [0.05, 0.1) is 18.6 Å². The van der Waals surface area contributed by atoms with E-state index in [0.29, 0.717) is 12.8 Å². The molecule has 0 radical (unpaired) electrons.